The second kappa shape index (κ2) is 6.69. The lowest BCUT2D eigenvalue weighted by atomic mass is 10.0. The Morgan fingerprint density at radius 1 is 1.35 bits per heavy atom. The van der Waals surface area contributed by atoms with Crippen LogP contribution in [-0.4, -0.2) is 54.7 Å². The second-order valence-corrected chi connectivity index (χ2v) is 5.43. The summed E-state index contributed by atoms with van der Waals surface area (Å²) in [6.07, 6.45) is 1.83. The van der Waals surface area contributed by atoms with Gasteiger partial charge in [-0.25, -0.2) is 4.98 Å². The molecule has 1 N–H and O–H groups in total. The zero-order valence-electron chi connectivity index (χ0n) is 12.3. The number of nitriles is 1. The number of hydrogen-bond acceptors (Lipinski definition) is 5. The van der Waals surface area contributed by atoms with Crippen LogP contribution in [0.4, 0.5) is 5.82 Å². The SMILES string of the molecule is CCNC(C)(C#N)CN1CCN(c2ccccn2)CC1. The van der Waals surface area contributed by atoms with Crippen LogP contribution in [0.1, 0.15) is 13.8 Å². The van der Waals surface area contributed by atoms with Crippen molar-refractivity contribution in [3.63, 3.8) is 0 Å². The van der Waals surface area contributed by atoms with Gasteiger partial charge in [0.25, 0.3) is 0 Å². The van der Waals surface area contributed by atoms with Crippen molar-refractivity contribution in [1.82, 2.24) is 15.2 Å². The highest BCUT2D eigenvalue weighted by Gasteiger charge is 2.28. The third-order valence-corrected chi connectivity index (χ3v) is 3.70. The highest BCUT2D eigenvalue weighted by atomic mass is 15.3. The van der Waals surface area contributed by atoms with Gasteiger partial charge < -0.3 is 4.90 Å². The minimum absolute atomic E-state index is 0.456. The third kappa shape index (κ3) is 3.69. The zero-order valence-corrected chi connectivity index (χ0v) is 12.3. The molecule has 2 heterocycles. The van der Waals surface area contributed by atoms with E-state index in [1.807, 2.05) is 38.2 Å². The van der Waals surface area contributed by atoms with E-state index >= 15 is 0 Å². The van der Waals surface area contributed by atoms with E-state index < -0.39 is 5.54 Å². The molecule has 1 aromatic heterocycles. The molecule has 0 saturated carbocycles. The van der Waals surface area contributed by atoms with E-state index in [1.54, 1.807) is 0 Å². The summed E-state index contributed by atoms with van der Waals surface area (Å²) < 4.78 is 0. The van der Waals surface area contributed by atoms with Crippen LogP contribution < -0.4 is 10.2 Å². The lowest BCUT2D eigenvalue weighted by Crippen LogP contribution is -2.55. The molecule has 1 aliphatic heterocycles. The van der Waals surface area contributed by atoms with Crippen molar-refractivity contribution in [3.05, 3.63) is 24.4 Å². The van der Waals surface area contributed by atoms with E-state index in [4.69, 9.17) is 0 Å². The third-order valence-electron chi connectivity index (χ3n) is 3.70. The van der Waals surface area contributed by atoms with Crippen LogP contribution in [0.3, 0.4) is 0 Å². The number of piperazine rings is 1. The summed E-state index contributed by atoms with van der Waals surface area (Å²) in [6, 6.07) is 8.40. The van der Waals surface area contributed by atoms with Gasteiger partial charge in [0.2, 0.25) is 0 Å². The Hall–Kier alpha value is -1.64. The summed E-state index contributed by atoms with van der Waals surface area (Å²) in [5.74, 6) is 1.04. The first-order valence-electron chi connectivity index (χ1n) is 7.21. The van der Waals surface area contributed by atoms with E-state index in [2.05, 4.69) is 26.2 Å². The molecule has 20 heavy (non-hydrogen) atoms. The number of aromatic nitrogens is 1. The minimum Gasteiger partial charge on any atom is -0.354 e. The standard InChI is InChI=1S/C15H23N5/c1-3-18-15(2,12-16)13-19-8-10-20(11-9-19)14-6-4-5-7-17-14/h4-7,18H,3,8-11,13H2,1-2H3. The number of nitrogens with one attached hydrogen (secondary N) is 1. The van der Waals surface area contributed by atoms with E-state index in [0.29, 0.717) is 0 Å². The van der Waals surface area contributed by atoms with Crippen LogP contribution >= 0.6 is 0 Å². The maximum atomic E-state index is 9.32. The van der Waals surface area contributed by atoms with Gasteiger partial charge in [0.15, 0.2) is 0 Å². The fraction of sp³-hybridized carbons (Fsp3) is 0.600. The molecule has 1 atom stereocenters. The number of nitrogens with zero attached hydrogens (tertiary/aromatic N) is 4. The van der Waals surface area contributed by atoms with Crippen LogP contribution in [-0.2, 0) is 0 Å². The van der Waals surface area contributed by atoms with Gasteiger partial charge in [-0.15, -0.1) is 0 Å². The van der Waals surface area contributed by atoms with E-state index in [1.165, 1.54) is 0 Å². The first-order chi connectivity index (χ1) is 9.67. The number of rotatable bonds is 5. The predicted octanol–water partition coefficient (Wildman–Crippen LogP) is 1.10. The largest absolute Gasteiger partial charge is 0.354 e. The van der Waals surface area contributed by atoms with Crippen molar-refractivity contribution in [3.8, 4) is 6.07 Å². The summed E-state index contributed by atoms with van der Waals surface area (Å²) in [5.41, 5.74) is -0.456. The molecule has 1 unspecified atom stereocenters. The Labute approximate surface area is 121 Å². The van der Waals surface area contributed by atoms with Gasteiger partial charge in [0, 0.05) is 38.9 Å². The van der Waals surface area contributed by atoms with Gasteiger partial charge >= 0.3 is 0 Å². The average molecular weight is 273 g/mol. The van der Waals surface area contributed by atoms with E-state index in [9.17, 15) is 5.26 Å². The molecule has 0 aromatic carbocycles. The van der Waals surface area contributed by atoms with Crippen molar-refractivity contribution < 1.29 is 0 Å². The quantitative estimate of drug-likeness (QED) is 0.870. The molecule has 0 bridgehead atoms. The molecule has 2 rings (SSSR count). The molecular formula is C15H23N5. The van der Waals surface area contributed by atoms with Gasteiger partial charge in [-0.05, 0) is 25.6 Å². The summed E-state index contributed by atoms with van der Waals surface area (Å²) in [4.78, 5) is 9.04. The molecule has 108 valence electrons. The number of hydrogen-bond donors (Lipinski definition) is 1. The number of likely N-dealkylation sites (N-methyl/N-ethyl adjacent to an activating group) is 1. The molecule has 0 radical (unpaired) electrons. The Kier molecular flexibility index (Phi) is 4.94. The van der Waals surface area contributed by atoms with Gasteiger partial charge in [-0.1, -0.05) is 13.0 Å². The van der Waals surface area contributed by atoms with Crippen LogP contribution in [0.5, 0.6) is 0 Å². The second-order valence-electron chi connectivity index (χ2n) is 5.43. The Bertz CT molecular complexity index is 447. The van der Waals surface area contributed by atoms with Crippen molar-refractivity contribution in [2.45, 2.75) is 19.4 Å². The normalized spacial score (nSPS) is 19.4. The van der Waals surface area contributed by atoms with Crippen molar-refractivity contribution in [2.75, 3.05) is 44.2 Å². The molecule has 5 heteroatoms. The van der Waals surface area contributed by atoms with E-state index in [0.717, 1.165) is 45.1 Å². The Balaban J connectivity index is 1.87. The maximum Gasteiger partial charge on any atom is 0.128 e. The topological polar surface area (TPSA) is 55.2 Å². The number of pyridine rings is 1. The fourth-order valence-corrected chi connectivity index (χ4v) is 2.64. The predicted molar refractivity (Wildman–Crippen MR) is 80.6 cm³/mol. The minimum atomic E-state index is -0.456. The first-order valence-corrected chi connectivity index (χ1v) is 7.21. The van der Waals surface area contributed by atoms with Crippen LogP contribution in [0.15, 0.2) is 24.4 Å². The van der Waals surface area contributed by atoms with Gasteiger partial charge in [-0.3, -0.25) is 10.2 Å². The highest BCUT2D eigenvalue weighted by molar-refractivity contribution is 5.38. The Morgan fingerprint density at radius 2 is 2.10 bits per heavy atom. The first kappa shape index (κ1) is 14.8. The van der Waals surface area contributed by atoms with Crippen LogP contribution in [0, 0.1) is 11.3 Å². The molecule has 0 amide bonds. The van der Waals surface area contributed by atoms with E-state index in [-0.39, 0.29) is 0 Å². The molecule has 0 aliphatic carbocycles. The van der Waals surface area contributed by atoms with Crippen molar-refractivity contribution >= 4 is 5.82 Å². The lowest BCUT2D eigenvalue weighted by Gasteiger charge is -2.38. The summed E-state index contributed by atoms with van der Waals surface area (Å²) in [6.45, 7) is 9.47. The molecule has 0 spiro atoms. The lowest BCUT2D eigenvalue weighted by molar-refractivity contribution is 0.210. The summed E-state index contributed by atoms with van der Waals surface area (Å²) >= 11 is 0. The highest BCUT2D eigenvalue weighted by Crippen LogP contribution is 2.14. The van der Waals surface area contributed by atoms with Gasteiger partial charge in [-0.2, -0.15) is 5.26 Å². The molecule has 1 saturated heterocycles. The molecule has 1 fully saturated rings. The molecule has 5 nitrogen and oxygen atoms in total. The smallest absolute Gasteiger partial charge is 0.128 e. The summed E-state index contributed by atoms with van der Waals surface area (Å²) in [5, 5.41) is 12.6. The van der Waals surface area contributed by atoms with Crippen LogP contribution in [0.25, 0.3) is 0 Å². The number of anilines is 1. The fourth-order valence-electron chi connectivity index (χ4n) is 2.64. The van der Waals surface area contributed by atoms with Gasteiger partial charge in [0.1, 0.15) is 11.4 Å². The molecule has 1 aliphatic rings. The maximum absolute atomic E-state index is 9.32. The molecular weight excluding hydrogens is 250 g/mol. The van der Waals surface area contributed by atoms with Crippen molar-refractivity contribution in [2.24, 2.45) is 0 Å². The Morgan fingerprint density at radius 3 is 2.65 bits per heavy atom. The summed E-state index contributed by atoms with van der Waals surface area (Å²) in [7, 11) is 0. The van der Waals surface area contributed by atoms with Gasteiger partial charge in [0.05, 0.1) is 6.07 Å². The monoisotopic (exact) mass is 273 g/mol. The average Bonchev–Trinajstić information content (AvgIpc) is 2.49. The molecule has 1 aromatic rings. The zero-order chi connectivity index (χ0) is 14.4. The van der Waals surface area contributed by atoms with Crippen molar-refractivity contribution in [1.29, 1.82) is 5.26 Å². The van der Waals surface area contributed by atoms with Crippen LogP contribution in [0.2, 0.25) is 0 Å².